The molecule has 0 radical (unpaired) electrons. The standard InChI is InChI=1S/C34H32N4O8/c39-29-11-5-23-14-16-36-33(41)27(37-43)17-22-3-9-26(10-4-22)46-32-20-24(6-12-30(32)40)18-28(38-44)34(42)35-15-13-21-1-7-25(8-2-21)45-31(29)19-23/h1-12,19-20,39-40,43-44H,13-18H2,(H,35,42)(H,36,41)/b37-27+,38-28+. The summed E-state index contributed by atoms with van der Waals surface area (Å²) in [6.45, 7) is 0.525. The van der Waals surface area contributed by atoms with E-state index in [-0.39, 0.29) is 60.4 Å². The number of carbonyl (C=O) groups excluding carboxylic acids is 2. The first kappa shape index (κ1) is 31.4. The number of oxime groups is 2. The predicted molar refractivity (Wildman–Crippen MR) is 169 cm³/mol. The molecule has 0 saturated heterocycles. The van der Waals surface area contributed by atoms with E-state index in [1.165, 1.54) is 18.2 Å². The molecule has 8 bridgehead atoms. The minimum atomic E-state index is -0.545. The first-order chi connectivity index (χ1) is 22.3. The average molecular weight is 625 g/mol. The number of nitrogens with one attached hydrogen (secondary N) is 2. The van der Waals surface area contributed by atoms with Crippen LogP contribution in [0.1, 0.15) is 22.3 Å². The van der Waals surface area contributed by atoms with Crippen molar-refractivity contribution in [2.24, 2.45) is 10.3 Å². The summed E-state index contributed by atoms with van der Waals surface area (Å²) in [6.07, 6.45) is 0.943. The molecular formula is C34H32N4O8. The fourth-order valence-electron chi connectivity index (χ4n) is 4.75. The van der Waals surface area contributed by atoms with Gasteiger partial charge in [-0.2, -0.15) is 0 Å². The van der Waals surface area contributed by atoms with E-state index < -0.39 is 11.8 Å². The molecular weight excluding hydrogens is 592 g/mol. The van der Waals surface area contributed by atoms with Gasteiger partial charge in [0.05, 0.1) is 0 Å². The smallest absolute Gasteiger partial charge is 0.269 e. The van der Waals surface area contributed by atoms with E-state index in [2.05, 4.69) is 20.9 Å². The van der Waals surface area contributed by atoms with E-state index in [1.54, 1.807) is 54.6 Å². The summed E-state index contributed by atoms with van der Waals surface area (Å²) in [4.78, 5) is 25.5. The summed E-state index contributed by atoms with van der Waals surface area (Å²) < 4.78 is 11.7. The highest BCUT2D eigenvalue weighted by molar-refractivity contribution is 6.39. The molecule has 12 nitrogen and oxygen atoms in total. The van der Waals surface area contributed by atoms with Gasteiger partial charge in [-0.25, -0.2) is 0 Å². The lowest BCUT2D eigenvalue weighted by Gasteiger charge is -2.12. The van der Waals surface area contributed by atoms with E-state index in [0.717, 1.165) is 11.1 Å². The molecule has 236 valence electrons. The zero-order chi connectivity index (χ0) is 32.5. The summed E-state index contributed by atoms with van der Waals surface area (Å²) >= 11 is 0. The monoisotopic (exact) mass is 624 g/mol. The second kappa shape index (κ2) is 14.6. The second-order valence-corrected chi connectivity index (χ2v) is 10.6. The third-order valence-electron chi connectivity index (χ3n) is 7.26. The Morgan fingerprint density at radius 2 is 0.957 bits per heavy atom. The number of phenols is 2. The summed E-state index contributed by atoms with van der Waals surface area (Å²) in [7, 11) is 0. The highest BCUT2D eigenvalue weighted by atomic mass is 16.5. The number of rotatable bonds is 0. The molecule has 6 N–H and O–H groups in total. The van der Waals surface area contributed by atoms with Crippen LogP contribution in [0.3, 0.4) is 0 Å². The van der Waals surface area contributed by atoms with Crippen molar-refractivity contribution < 1.29 is 39.7 Å². The number of benzene rings is 4. The maximum Gasteiger partial charge on any atom is 0.269 e. The minimum Gasteiger partial charge on any atom is -0.504 e. The van der Waals surface area contributed by atoms with Gasteiger partial charge in [0.1, 0.15) is 22.9 Å². The number of nitrogens with zero attached hydrogens (tertiary/aromatic N) is 2. The number of ether oxygens (including phenoxy) is 2. The van der Waals surface area contributed by atoms with Gasteiger partial charge in [-0.05, 0) is 83.6 Å². The van der Waals surface area contributed by atoms with Gasteiger partial charge in [0.2, 0.25) is 0 Å². The maximum atomic E-state index is 12.8. The van der Waals surface area contributed by atoms with Crippen molar-refractivity contribution >= 4 is 23.2 Å². The summed E-state index contributed by atoms with van der Waals surface area (Å²) in [5.41, 5.74) is 2.73. The molecule has 2 amide bonds. The van der Waals surface area contributed by atoms with Crippen LogP contribution >= 0.6 is 0 Å². The number of carbonyl (C=O) groups is 2. The molecule has 4 aromatic carbocycles. The Labute approximate surface area is 264 Å². The Balaban J connectivity index is 1.38. The first-order valence-corrected chi connectivity index (χ1v) is 14.5. The fourth-order valence-corrected chi connectivity index (χ4v) is 4.75. The molecule has 0 saturated carbocycles. The van der Waals surface area contributed by atoms with E-state index in [4.69, 9.17) is 9.47 Å². The average Bonchev–Trinajstić information content (AvgIpc) is 3.06. The summed E-state index contributed by atoms with van der Waals surface area (Å²) in [5.74, 6) is -0.00852. The van der Waals surface area contributed by atoms with Crippen LogP contribution in [-0.2, 0) is 35.3 Å². The van der Waals surface area contributed by atoms with Gasteiger partial charge < -0.3 is 40.7 Å². The van der Waals surface area contributed by atoms with Gasteiger partial charge in [-0.15, -0.1) is 0 Å². The lowest BCUT2D eigenvalue weighted by molar-refractivity contribution is -0.115. The molecule has 8 rings (SSSR count). The van der Waals surface area contributed by atoms with Crippen molar-refractivity contribution in [3.8, 4) is 34.5 Å². The Kier molecular flexibility index (Phi) is 9.98. The van der Waals surface area contributed by atoms with Crippen LogP contribution in [-0.4, -0.2) is 57.0 Å². The molecule has 0 aliphatic carbocycles. The molecule has 12 heteroatoms. The topological polar surface area (TPSA) is 182 Å². The van der Waals surface area contributed by atoms with Crippen LogP contribution in [0.15, 0.2) is 95.2 Å². The molecule has 0 spiro atoms. The van der Waals surface area contributed by atoms with Crippen molar-refractivity contribution in [3.63, 3.8) is 0 Å². The number of phenolic OH excluding ortho intramolecular Hbond substituents is 2. The zero-order valence-electron chi connectivity index (χ0n) is 24.6. The number of amides is 2. The minimum absolute atomic E-state index is 0.0245. The van der Waals surface area contributed by atoms with Gasteiger partial charge in [-0.1, -0.05) is 46.7 Å². The van der Waals surface area contributed by atoms with E-state index in [9.17, 15) is 30.2 Å². The van der Waals surface area contributed by atoms with Crippen LogP contribution in [0.25, 0.3) is 0 Å². The van der Waals surface area contributed by atoms with Gasteiger partial charge >= 0.3 is 0 Å². The number of hydrogen-bond acceptors (Lipinski definition) is 10. The van der Waals surface area contributed by atoms with Crippen molar-refractivity contribution in [2.45, 2.75) is 25.7 Å². The van der Waals surface area contributed by atoms with Crippen molar-refractivity contribution in [2.75, 3.05) is 13.1 Å². The molecule has 0 unspecified atom stereocenters. The molecule has 0 fully saturated rings. The molecule has 0 aromatic heterocycles. The molecule has 4 aliphatic rings. The van der Waals surface area contributed by atoms with Crippen LogP contribution in [0.4, 0.5) is 0 Å². The Bertz CT molecular complexity index is 1770. The third-order valence-corrected chi connectivity index (χ3v) is 7.26. The number of aromatic hydroxyl groups is 2. The van der Waals surface area contributed by atoms with Crippen molar-refractivity contribution in [1.29, 1.82) is 0 Å². The third kappa shape index (κ3) is 8.11. The zero-order valence-corrected chi connectivity index (χ0v) is 24.6. The Morgan fingerprint density at radius 1 is 0.543 bits per heavy atom. The fraction of sp³-hybridized carbons (Fsp3) is 0.176. The predicted octanol–water partition coefficient (Wildman–Crippen LogP) is 4.46. The normalized spacial score (nSPS) is 16.5. The van der Waals surface area contributed by atoms with Crippen molar-refractivity contribution in [1.82, 2.24) is 10.6 Å². The van der Waals surface area contributed by atoms with E-state index in [0.29, 0.717) is 35.5 Å². The summed E-state index contributed by atoms with van der Waals surface area (Å²) in [6, 6.07) is 23.3. The largest absolute Gasteiger partial charge is 0.504 e. The SMILES string of the molecule is O=C1NCCc2ccc(O)c(c2)Oc2ccc(cc2)CCNC(=O)/C(=N/O)Cc2ccc(O)c(c2)Oc2ccc(cc2)C/C1=N\O. The highest BCUT2D eigenvalue weighted by Gasteiger charge is 2.16. The Hall–Kier alpha value is -6.04. The molecule has 4 aliphatic heterocycles. The lowest BCUT2D eigenvalue weighted by Crippen LogP contribution is -2.33. The second-order valence-electron chi connectivity index (χ2n) is 10.6. The molecule has 0 atom stereocenters. The van der Waals surface area contributed by atoms with Gasteiger partial charge in [0, 0.05) is 25.9 Å². The van der Waals surface area contributed by atoms with Gasteiger partial charge in [0.25, 0.3) is 11.8 Å². The van der Waals surface area contributed by atoms with E-state index >= 15 is 0 Å². The quantitative estimate of drug-likeness (QED) is 0.122. The van der Waals surface area contributed by atoms with Crippen LogP contribution in [0.2, 0.25) is 0 Å². The highest BCUT2D eigenvalue weighted by Crippen LogP contribution is 2.33. The Morgan fingerprint density at radius 3 is 1.48 bits per heavy atom. The van der Waals surface area contributed by atoms with Crippen LogP contribution in [0, 0.1) is 0 Å². The lowest BCUT2D eigenvalue weighted by atomic mass is 10.1. The van der Waals surface area contributed by atoms with Gasteiger partial charge in [0.15, 0.2) is 23.0 Å². The van der Waals surface area contributed by atoms with Crippen LogP contribution in [0.5, 0.6) is 34.5 Å². The molecule has 46 heavy (non-hydrogen) atoms. The van der Waals surface area contributed by atoms with Crippen molar-refractivity contribution in [3.05, 3.63) is 107 Å². The summed E-state index contributed by atoms with van der Waals surface area (Å²) in [5, 5.41) is 51.7. The number of hydrogen-bond donors (Lipinski definition) is 6. The van der Waals surface area contributed by atoms with E-state index in [1.807, 2.05) is 12.1 Å². The van der Waals surface area contributed by atoms with Gasteiger partial charge in [-0.3, -0.25) is 9.59 Å². The van der Waals surface area contributed by atoms with Crippen LogP contribution < -0.4 is 20.1 Å². The first-order valence-electron chi connectivity index (χ1n) is 14.5. The molecule has 4 aromatic rings. The maximum absolute atomic E-state index is 12.8. The molecule has 4 heterocycles.